The van der Waals surface area contributed by atoms with Gasteiger partial charge in [0.15, 0.2) is 0 Å². The predicted molar refractivity (Wildman–Crippen MR) is 177 cm³/mol. The zero-order valence-corrected chi connectivity index (χ0v) is 26.8. The molecule has 2 aliphatic heterocycles. The smallest absolute Gasteiger partial charge is 0.212 e. The summed E-state index contributed by atoms with van der Waals surface area (Å²) >= 11 is 0. The largest absolute Gasteiger partial charge is 0.481 e. The lowest BCUT2D eigenvalue weighted by atomic mass is 9.78. The Kier molecular flexibility index (Phi) is 7.19. The lowest BCUT2D eigenvalue weighted by Crippen LogP contribution is -2.65. The molecule has 3 fully saturated rings. The number of ether oxygens (including phenoxy) is 1. The highest BCUT2D eigenvalue weighted by Gasteiger charge is 2.59. The minimum Gasteiger partial charge on any atom is -0.481 e. The lowest BCUT2D eigenvalue weighted by molar-refractivity contribution is -0.120. The fourth-order valence-corrected chi connectivity index (χ4v) is 7.74. The topological polar surface area (TPSA) is 141 Å². The number of methoxy groups -OCH3 is 1. The second-order valence-electron chi connectivity index (χ2n) is 13.3. The van der Waals surface area contributed by atoms with Gasteiger partial charge < -0.3 is 9.64 Å². The first-order valence-corrected chi connectivity index (χ1v) is 16.2. The number of carbonyl (C=O) groups is 1. The number of hydrogen-bond acceptors (Lipinski definition) is 10. The molecule has 7 heterocycles. The van der Waals surface area contributed by atoms with E-state index in [-0.39, 0.29) is 18.1 Å². The summed E-state index contributed by atoms with van der Waals surface area (Å²) in [6.07, 6.45) is 13.9. The van der Waals surface area contributed by atoms with E-state index in [1.165, 1.54) is 0 Å². The molecule has 0 spiro atoms. The summed E-state index contributed by atoms with van der Waals surface area (Å²) in [7, 11) is 1.61. The molecular formula is C36H34N10O2. The highest BCUT2D eigenvalue weighted by atomic mass is 16.5. The Hall–Kier alpha value is -5.59. The molecular weight excluding hydrogens is 604 g/mol. The van der Waals surface area contributed by atoms with Gasteiger partial charge in [-0.2, -0.15) is 20.7 Å². The summed E-state index contributed by atoms with van der Waals surface area (Å²) in [5.41, 5.74) is 5.29. The van der Waals surface area contributed by atoms with Crippen LogP contribution in [0.2, 0.25) is 0 Å². The summed E-state index contributed by atoms with van der Waals surface area (Å²) in [5, 5.41) is 29.3. The first-order chi connectivity index (χ1) is 23.4. The molecule has 5 aromatic rings. The van der Waals surface area contributed by atoms with Crippen LogP contribution in [0.4, 0.5) is 5.82 Å². The highest BCUT2D eigenvalue weighted by Crippen LogP contribution is 2.46. The van der Waals surface area contributed by atoms with Crippen molar-refractivity contribution in [2.45, 2.75) is 57.3 Å². The van der Waals surface area contributed by atoms with E-state index in [1.807, 2.05) is 66.9 Å². The number of hydrogen-bond donors (Lipinski definition) is 0. The van der Waals surface area contributed by atoms with Crippen LogP contribution in [0.5, 0.6) is 5.88 Å². The molecule has 48 heavy (non-hydrogen) atoms. The maximum Gasteiger partial charge on any atom is 0.212 e. The Morgan fingerprint density at radius 3 is 2.54 bits per heavy atom. The van der Waals surface area contributed by atoms with Gasteiger partial charge in [0.2, 0.25) is 5.88 Å². The first-order valence-electron chi connectivity index (χ1n) is 16.2. The summed E-state index contributed by atoms with van der Waals surface area (Å²) in [4.78, 5) is 25.6. The number of pyridine rings is 3. The number of ketones is 1. The average molecular weight is 639 g/mol. The van der Waals surface area contributed by atoms with Crippen LogP contribution in [-0.2, 0) is 11.3 Å². The van der Waals surface area contributed by atoms with Crippen molar-refractivity contribution in [1.82, 2.24) is 34.3 Å². The van der Waals surface area contributed by atoms with E-state index in [0.717, 1.165) is 58.5 Å². The molecule has 0 amide bonds. The van der Waals surface area contributed by atoms with Gasteiger partial charge >= 0.3 is 0 Å². The van der Waals surface area contributed by atoms with Crippen molar-refractivity contribution in [3.8, 4) is 40.3 Å². The van der Waals surface area contributed by atoms with E-state index in [4.69, 9.17) is 9.72 Å². The van der Waals surface area contributed by atoms with Gasteiger partial charge in [0.25, 0.3) is 0 Å². The molecule has 12 nitrogen and oxygen atoms in total. The molecule has 0 bridgehead atoms. The Morgan fingerprint density at radius 2 is 1.83 bits per heavy atom. The normalized spacial score (nSPS) is 22.7. The molecule has 1 aliphatic carbocycles. The molecule has 2 saturated heterocycles. The van der Waals surface area contributed by atoms with Gasteiger partial charge in [-0.05, 0) is 43.5 Å². The van der Waals surface area contributed by atoms with Crippen molar-refractivity contribution >= 4 is 17.1 Å². The first kappa shape index (κ1) is 29.8. The van der Waals surface area contributed by atoms with Crippen molar-refractivity contribution in [3.05, 3.63) is 78.6 Å². The highest BCUT2D eigenvalue weighted by molar-refractivity contribution is 5.87. The SMILES string of the molecule is COc1ccc(CN2C[C@](C)(C#N)[C@H]3[C@@H]2CN3c2ccc(-c3cc(-c4cnn(C5CCC(=O)CC5)c4)cn4ncc(C#N)c34)cn2)cn1. The van der Waals surface area contributed by atoms with Gasteiger partial charge in [-0.15, -0.1) is 0 Å². The molecule has 0 aromatic carbocycles. The van der Waals surface area contributed by atoms with E-state index < -0.39 is 5.41 Å². The summed E-state index contributed by atoms with van der Waals surface area (Å²) in [6, 6.07) is 15.3. The van der Waals surface area contributed by atoms with Gasteiger partial charge in [-0.25, -0.2) is 14.5 Å². The van der Waals surface area contributed by atoms with Crippen LogP contribution in [0.3, 0.4) is 0 Å². The quantitative estimate of drug-likeness (QED) is 0.244. The third kappa shape index (κ3) is 4.97. The second kappa shape index (κ2) is 11.6. The molecule has 1 saturated carbocycles. The zero-order chi connectivity index (χ0) is 33.0. The van der Waals surface area contributed by atoms with E-state index in [1.54, 1.807) is 17.8 Å². The fourth-order valence-electron chi connectivity index (χ4n) is 7.74. The molecule has 12 heteroatoms. The zero-order valence-electron chi connectivity index (χ0n) is 26.8. The van der Waals surface area contributed by atoms with Crippen LogP contribution >= 0.6 is 0 Å². The molecule has 0 radical (unpaired) electrons. The third-order valence-electron chi connectivity index (χ3n) is 10.3. The van der Waals surface area contributed by atoms with Crippen LogP contribution in [0.25, 0.3) is 27.8 Å². The second-order valence-corrected chi connectivity index (χ2v) is 13.3. The van der Waals surface area contributed by atoms with Gasteiger partial charge in [0, 0.05) is 91.6 Å². The van der Waals surface area contributed by atoms with Crippen molar-refractivity contribution in [1.29, 1.82) is 10.5 Å². The number of aromatic nitrogens is 6. The van der Waals surface area contributed by atoms with Crippen LogP contribution < -0.4 is 9.64 Å². The Morgan fingerprint density at radius 1 is 0.979 bits per heavy atom. The summed E-state index contributed by atoms with van der Waals surface area (Å²) in [6.45, 7) is 4.20. The Bertz CT molecular complexity index is 2100. The monoisotopic (exact) mass is 638 g/mol. The number of nitriles is 2. The predicted octanol–water partition coefficient (Wildman–Crippen LogP) is 4.82. The maximum atomic E-state index is 11.8. The lowest BCUT2D eigenvalue weighted by Gasteiger charge is -2.50. The average Bonchev–Trinajstić information content (AvgIpc) is 3.81. The van der Waals surface area contributed by atoms with Crippen LogP contribution in [0.15, 0.2) is 67.5 Å². The molecule has 0 N–H and O–H groups in total. The van der Waals surface area contributed by atoms with Crippen molar-refractivity contribution < 1.29 is 9.53 Å². The fraction of sp³-hybridized carbons (Fsp3) is 0.361. The number of carbonyl (C=O) groups excluding carboxylic acids is 1. The van der Waals surface area contributed by atoms with Gasteiger partial charge in [-0.1, -0.05) is 6.07 Å². The van der Waals surface area contributed by atoms with E-state index >= 15 is 0 Å². The van der Waals surface area contributed by atoms with E-state index in [0.29, 0.717) is 43.2 Å². The van der Waals surface area contributed by atoms with Gasteiger partial charge in [0.05, 0.1) is 54.2 Å². The standard InChI is InChI=1S/C36H34N10O2/c1-36(21-38)22-43(17-23-3-10-33(48-2)40-13-23)31-20-44(35(31)36)32-9-4-24(14-39-32)30-11-25(18-46-34(30)26(12-37)15-42-46)27-16-41-45(19-27)28-5-7-29(47)8-6-28/h3-4,9-11,13-16,18-19,28,31,35H,5-8,17,20,22H2,1-2H3/t31-,35+,36-/m0/s1. The van der Waals surface area contributed by atoms with E-state index in [2.05, 4.69) is 43.2 Å². The minimum atomic E-state index is -0.555. The maximum absolute atomic E-state index is 11.8. The van der Waals surface area contributed by atoms with Crippen LogP contribution in [0.1, 0.15) is 49.8 Å². The van der Waals surface area contributed by atoms with Crippen molar-refractivity contribution in [2.75, 3.05) is 25.1 Å². The third-order valence-corrected chi connectivity index (χ3v) is 10.3. The molecule has 0 unspecified atom stereocenters. The molecule has 3 aliphatic rings. The number of rotatable bonds is 7. The summed E-state index contributed by atoms with van der Waals surface area (Å²) < 4.78 is 8.92. The van der Waals surface area contributed by atoms with Gasteiger partial charge in [-0.3, -0.25) is 14.4 Å². The number of nitrogens with zero attached hydrogens (tertiary/aromatic N) is 10. The number of fused-ring (bicyclic) bond motifs is 2. The Labute approximate surface area is 277 Å². The van der Waals surface area contributed by atoms with Crippen LogP contribution in [0, 0.1) is 28.1 Å². The molecule has 240 valence electrons. The summed E-state index contributed by atoms with van der Waals surface area (Å²) in [5.74, 6) is 1.73. The number of anilines is 1. The number of Topliss-reactive ketones (excluding diaryl/α,β-unsaturated/α-hetero) is 1. The molecule has 3 atom stereocenters. The van der Waals surface area contributed by atoms with Crippen LogP contribution in [-0.4, -0.2) is 72.3 Å². The van der Waals surface area contributed by atoms with E-state index in [9.17, 15) is 15.3 Å². The number of likely N-dealkylation sites (tertiary alicyclic amines) is 1. The van der Waals surface area contributed by atoms with Crippen molar-refractivity contribution in [3.63, 3.8) is 0 Å². The minimum absolute atomic E-state index is 0.0148. The molecule has 8 rings (SSSR count). The molecule has 5 aromatic heterocycles. The van der Waals surface area contributed by atoms with Gasteiger partial charge in [0.1, 0.15) is 17.7 Å². The van der Waals surface area contributed by atoms with Crippen molar-refractivity contribution in [2.24, 2.45) is 5.41 Å². The Balaban J connectivity index is 1.07.